The van der Waals surface area contributed by atoms with Crippen LogP contribution in [-0.4, -0.2) is 67.6 Å². The highest BCUT2D eigenvalue weighted by atomic mass is 32.2. The Kier molecular flexibility index (Phi) is 5.28. The van der Waals surface area contributed by atoms with Crippen LogP contribution in [0.15, 0.2) is 16.8 Å². The summed E-state index contributed by atoms with van der Waals surface area (Å²) < 4.78 is 37.3. The van der Waals surface area contributed by atoms with E-state index in [1.807, 2.05) is 6.20 Å². The van der Waals surface area contributed by atoms with E-state index < -0.39 is 10.0 Å². The lowest BCUT2D eigenvalue weighted by molar-refractivity contribution is 0.0213. The number of fused-ring (bicyclic) bond motifs is 1. The van der Waals surface area contributed by atoms with E-state index in [1.165, 1.54) is 11.8 Å². The fourth-order valence-electron chi connectivity index (χ4n) is 4.67. The van der Waals surface area contributed by atoms with Crippen LogP contribution in [0.2, 0.25) is 0 Å². The van der Waals surface area contributed by atoms with Crippen molar-refractivity contribution in [2.24, 2.45) is 0 Å². The third-order valence-corrected chi connectivity index (χ3v) is 7.35. The monoisotopic (exact) mass is 462 g/mol. The number of pyridine rings is 1. The Labute approximate surface area is 188 Å². The molecule has 2 fully saturated rings. The predicted octanol–water partition coefficient (Wildman–Crippen LogP) is 1.69. The number of aryl methyl sites for hydroxylation is 1. The number of piperidine rings is 1. The molecule has 32 heavy (non-hydrogen) atoms. The average molecular weight is 463 g/mol. The maximum Gasteiger partial charge on any atom is 0.324 e. The quantitative estimate of drug-likeness (QED) is 0.709. The lowest BCUT2D eigenvalue weighted by atomic mass is 9.83. The van der Waals surface area contributed by atoms with Crippen molar-refractivity contribution in [2.75, 3.05) is 42.2 Å². The molecule has 0 aliphatic carbocycles. The van der Waals surface area contributed by atoms with Gasteiger partial charge in [-0.2, -0.15) is 4.98 Å². The molecule has 0 saturated carbocycles. The van der Waals surface area contributed by atoms with Crippen LogP contribution in [0.25, 0.3) is 0 Å². The number of sulfonamides is 1. The average Bonchev–Trinajstić information content (AvgIpc) is 3.21. The molecule has 0 atom stereocenters. The van der Waals surface area contributed by atoms with E-state index >= 15 is 0 Å². The molecule has 0 radical (unpaired) electrons. The molecule has 2 saturated heterocycles. The van der Waals surface area contributed by atoms with Gasteiger partial charge in [0.2, 0.25) is 10.0 Å². The molecule has 174 valence electrons. The SMILES string of the molecule is CC(C)c1noc(N2CCC3(CCc4cc(N5CC(NS(C)(=O)=O)C5)ncc4O3)CC2)n1. The minimum atomic E-state index is -3.18. The van der Waals surface area contributed by atoms with Gasteiger partial charge >= 0.3 is 6.01 Å². The number of anilines is 2. The minimum absolute atomic E-state index is 0.0528. The summed E-state index contributed by atoms with van der Waals surface area (Å²) in [6, 6.07) is 2.63. The van der Waals surface area contributed by atoms with Crippen LogP contribution in [-0.2, 0) is 16.4 Å². The van der Waals surface area contributed by atoms with Crippen molar-refractivity contribution in [1.29, 1.82) is 0 Å². The van der Waals surface area contributed by atoms with Crippen LogP contribution in [0.1, 0.15) is 50.4 Å². The summed E-state index contributed by atoms with van der Waals surface area (Å²) in [6.07, 6.45) is 6.73. The molecule has 10 nitrogen and oxygen atoms in total. The Bertz CT molecular complexity index is 1090. The highest BCUT2D eigenvalue weighted by molar-refractivity contribution is 7.88. The molecular formula is C21H30N6O4S. The molecule has 5 rings (SSSR count). The number of rotatable bonds is 5. The fraction of sp³-hybridized carbons (Fsp3) is 0.667. The molecule has 0 bridgehead atoms. The summed E-state index contributed by atoms with van der Waals surface area (Å²) in [7, 11) is -3.18. The molecular weight excluding hydrogens is 432 g/mol. The first-order valence-corrected chi connectivity index (χ1v) is 13.1. The van der Waals surface area contributed by atoms with Crippen molar-refractivity contribution >= 4 is 21.9 Å². The van der Waals surface area contributed by atoms with Crippen LogP contribution in [0.3, 0.4) is 0 Å². The van der Waals surface area contributed by atoms with Gasteiger partial charge in [-0.05, 0) is 24.5 Å². The first-order chi connectivity index (χ1) is 15.2. The smallest absolute Gasteiger partial charge is 0.324 e. The van der Waals surface area contributed by atoms with Gasteiger partial charge in [0.05, 0.1) is 18.5 Å². The minimum Gasteiger partial charge on any atom is -0.485 e. The van der Waals surface area contributed by atoms with Gasteiger partial charge < -0.3 is 19.1 Å². The Morgan fingerprint density at radius 2 is 1.94 bits per heavy atom. The van der Waals surface area contributed by atoms with Gasteiger partial charge in [-0.15, -0.1) is 0 Å². The Morgan fingerprint density at radius 1 is 1.19 bits per heavy atom. The first-order valence-electron chi connectivity index (χ1n) is 11.2. The zero-order valence-corrected chi connectivity index (χ0v) is 19.6. The Balaban J connectivity index is 1.19. The van der Waals surface area contributed by atoms with Gasteiger partial charge in [0.25, 0.3) is 0 Å². The van der Waals surface area contributed by atoms with Crippen LogP contribution in [0.5, 0.6) is 5.75 Å². The second-order valence-electron chi connectivity index (χ2n) is 9.50. The van der Waals surface area contributed by atoms with Gasteiger partial charge in [0.15, 0.2) is 5.82 Å². The molecule has 1 spiro atoms. The lowest BCUT2D eigenvalue weighted by Crippen LogP contribution is -2.59. The van der Waals surface area contributed by atoms with E-state index in [4.69, 9.17) is 9.26 Å². The molecule has 0 unspecified atom stereocenters. The Hall–Kier alpha value is -2.40. The number of nitrogens with one attached hydrogen (secondary N) is 1. The number of hydrogen-bond acceptors (Lipinski definition) is 9. The molecule has 5 heterocycles. The van der Waals surface area contributed by atoms with Gasteiger partial charge in [0.1, 0.15) is 17.2 Å². The molecule has 0 aromatic carbocycles. The lowest BCUT2D eigenvalue weighted by Gasteiger charge is -2.44. The number of ether oxygens (including phenoxy) is 1. The van der Waals surface area contributed by atoms with Gasteiger partial charge in [-0.25, -0.2) is 18.1 Å². The molecule has 3 aliphatic rings. The highest BCUT2D eigenvalue weighted by Gasteiger charge is 2.41. The predicted molar refractivity (Wildman–Crippen MR) is 120 cm³/mol. The van der Waals surface area contributed by atoms with Crippen LogP contribution >= 0.6 is 0 Å². The Morgan fingerprint density at radius 3 is 2.59 bits per heavy atom. The van der Waals surface area contributed by atoms with Gasteiger partial charge in [0, 0.05) is 44.9 Å². The first kappa shape index (κ1) is 21.4. The third-order valence-electron chi connectivity index (χ3n) is 6.59. The summed E-state index contributed by atoms with van der Waals surface area (Å²) in [6.45, 7) is 7.02. The molecule has 1 N–H and O–H groups in total. The van der Waals surface area contributed by atoms with Crippen molar-refractivity contribution in [3.63, 3.8) is 0 Å². The van der Waals surface area contributed by atoms with Crippen molar-refractivity contribution < 1.29 is 17.7 Å². The van der Waals surface area contributed by atoms with E-state index in [-0.39, 0.29) is 17.6 Å². The van der Waals surface area contributed by atoms with Gasteiger partial charge in [-0.3, -0.25) is 0 Å². The third kappa shape index (κ3) is 4.27. The summed E-state index contributed by atoms with van der Waals surface area (Å²) in [5.41, 5.74) is 0.996. The van der Waals surface area contributed by atoms with Crippen LogP contribution in [0, 0.1) is 0 Å². The summed E-state index contributed by atoms with van der Waals surface area (Å²) >= 11 is 0. The maximum atomic E-state index is 11.4. The van der Waals surface area contributed by atoms with Crippen molar-refractivity contribution in [1.82, 2.24) is 19.8 Å². The zero-order valence-electron chi connectivity index (χ0n) is 18.7. The highest BCUT2D eigenvalue weighted by Crippen LogP contribution is 2.40. The largest absolute Gasteiger partial charge is 0.485 e. The van der Waals surface area contributed by atoms with E-state index in [0.717, 1.165) is 56.2 Å². The normalized spacial score (nSPS) is 20.9. The molecule has 11 heteroatoms. The summed E-state index contributed by atoms with van der Waals surface area (Å²) in [4.78, 5) is 13.3. The molecule has 0 amide bonds. The van der Waals surface area contributed by atoms with E-state index in [0.29, 0.717) is 19.1 Å². The van der Waals surface area contributed by atoms with E-state index in [2.05, 4.69) is 49.6 Å². The van der Waals surface area contributed by atoms with Crippen molar-refractivity contribution in [2.45, 2.75) is 57.1 Å². The second kappa shape index (κ2) is 7.87. The number of aromatic nitrogens is 3. The van der Waals surface area contributed by atoms with E-state index in [9.17, 15) is 8.42 Å². The van der Waals surface area contributed by atoms with Gasteiger partial charge in [-0.1, -0.05) is 19.0 Å². The van der Waals surface area contributed by atoms with Crippen molar-refractivity contribution in [3.05, 3.63) is 23.7 Å². The summed E-state index contributed by atoms with van der Waals surface area (Å²) in [5, 5.41) is 4.08. The topological polar surface area (TPSA) is 114 Å². The van der Waals surface area contributed by atoms with Crippen LogP contribution < -0.4 is 19.3 Å². The van der Waals surface area contributed by atoms with Crippen LogP contribution in [0.4, 0.5) is 11.8 Å². The maximum absolute atomic E-state index is 11.4. The number of hydrogen-bond donors (Lipinski definition) is 1. The fourth-order valence-corrected chi connectivity index (χ4v) is 5.42. The van der Waals surface area contributed by atoms with E-state index in [1.54, 1.807) is 0 Å². The molecule has 2 aromatic heterocycles. The number of nitrogens with zero attached hydrogens (tertiary/aromatic N) is 5. The zero-order chi connectivity index (χ0) is 22.5. The molecule has 3 aliphatic heterocycles. The standard InChI is InChI=1S/C21H30N6O4S/c1-14(2)19-23-20(31-24-19)26-8-6-21(7-9-26)5-4-15-10-18(22-11-17(15)30-21)27-12-16(13-27)25-32(3,28)29/h10-11,14,16,25H,4-9,12-13H2,1-3H3. The molecule has 2 aromatic rings. The van der Waals surface area contributed by atoms with Crippen molar-refractivity contribution in [3.8, 4) is 5.75 Å². The summed E-state index contributed by atoms with van der Waals surface area (Å²) in [5.74, 6) is 2.73. The second-order valence-corrected chi connectivity index (χ2v) is 11.3.